The van der Waals surface area contributed by atoms with Gasteiger partial charge in [0, 0.05) is 0 Å². The summed E-state index contributed by atoms with van der Waals surface area (Å²) in [6, 6.07) is 23.9. The molecule has 0 radical (unpaired) electrons. The van der Waals surface area contributed by atoms with Gasteiger partial charge in [0.2, 0.25) is 0 Å². The quantitative estimate of drug-likeness (QED) is 0.386. The summed E-state index contributed by atoms with van der Waals surface area (Å²) in [5.41, 5.74) is 4.39. The molecule has 0 bridgehead atoms. The molecule has 0 saturated heterocycles. The molecule has 0 amide bonds. The molecule has 0 aromatic heterocycles. The van der Waals surface area contributed by atoms with Gasteiger partial charge in [-0.3, -0.25) is 9.98 Å². The number of rotatable bonds is 8. The standard InChI is InChI=1S/C24H24N2O2/c1-19-8-3-5-12-23(19)27-17-25-15-21-10-7-11-22(14-21)16-26-18-28-24-13-6-4-9-20(24)2/h3-14,17-18H,15-16H2,1-2H3/b25-17-,26-18?. The number of aliphatic imine (C=N–C) groups is 2. The number of para-hydroxylation sites is 2. The molecule has 28 heavy (non-hydrogen) atoms. The van der Waals surface area contributed by atoms with E-state index < -0.39 is 0 Å². The lowest BCUT2D eigenvalue weighted by Gasteiger charge is -2.04. The van der Waals surface area contributed by atoms with Crippen LogP contribution in [0, 0.1) is 13.8 Å². The van der Waals surface area contributed by atoms with Crippen LogP contribution in [0.15, 0.2) is 82.8 Å². The molecule has 0 saturated carbocycles. The molecule has 0 unspecified atom stereocenters. The highest BCUT2D eigenvalue weighted by atomic mass is 16.5. The van der Waals surface area contributed by atoms with Crippen LogP contribution in [0.25, 0.3) is 0 Å². The second-order valence-electron chi connectivity index (χ2n) is 6.48. The molecule has 3 aromatic carbocycles. The molecule has 0 aliphatic heterocycles. The van der Waals surface area contributed by atoms with Gasteiger partial charge >= 0.3 is 0 Å². The van der Waals surface area contributed by atoms with Crippen LogP contribution in [0.1, 0.15) is 22.3 Å². The first kappa shape index (κ1) is 19.4. The fourth-order valence-electron chi connectivity index (χ4n) is 2.68. The van der Waals surface area contributed by atoms with Crippen LogP contribution in [0.5, 0.6) is 11.5 Å². The monoisotopic (exact) mass is 372 g/mol. The van der Waals surface area contributed by atoms with Crippen molar-refractivity contribution in [1.29, 1.82) is 0 Å². The Labute approximate surface area is 166 Å². The average Bonchev–Trinajstić information content (AvgIpc) is 2.71. The second kappa shape index (κ2) is 10.1. The summed E-state index contributed by atoms with van der Waals surface area (Å²) in [7, 11) is 0. The Morgan fingerprint density at radius 1 is 0.643 bits per heavy atom. The van der Waals surface area contributed by atoms with Gasteiger partial charge in [-0.25, -0.2) is 0 Å². The zero-order valence-corrected chi connectivity index (χ0v) is 16.2. The minimum Gasteiger partial charge on any atom is -0.446 e. The summed E-state index contributed by atoms with van der Waals surface area (Å²) in [6.07, 6.45) is 3.01. The van der Waals surface area contributed by atoms with Gasteiger partial charge in [0.1, 0.15) is 11.5 Å². The van der Waals surface area contributed by atoms with E-state index in [1.807, 2.05) is 80.6 Å². The number of nitrogens with zero attached hydrogens (tertiary/aromatic N) is 2. The molecular formula is C24H24N2O2. The lowest BCUT2D eigenvalue weighted by Crippen LogP contribution is -1.94. The minimum atomic E-state index is 0.559. The Balaban J connectivity index is 1.49. The van der Waals surface area contributed by atoms with Crippen LogP contribution < -0.4 is 9.47 Å². The van der Waals surface area contributed by atoms with Crippen molar-refractivity contribution in [3.8, 4) is 11.5 Å². The van der Waals surface area contributed by atoms with E-state index in [4.69, 9.17) is 9.47 Å². The van der Waals surface area contributed by atoms with Crippen LogP contribution in [-0.2, 0) is 13.1 Å². The number of aryl methyl sites for hydroxylation is 2. The van der Waals surface area contributed by atoms with Gasteiger partial charge in [0.25, 0.3) is 0 Å². The predicted octanol–water partition coefficient (Wildman–Crippen LogP) is 5.52. The molecular weight excluding hydrogens is 348 g/mol. The van der Waals surface area contributed by atoms with E-state index in [9.17, 15) is 0 Å². The molecule has 0 atom stereocenters. The third-order valence-electron chi connectivity index (χ3n) is 4.23. The lowest BCUT2D eigenvalue weighted by molar-refractivity contribution is 0.565. The molecule has 3 rings (SSSR count). The molecule has 0 heterocycles. The van der Waals surface area contributed by atoms with Gasteiger partial charge < -0.3 is 9.47 Å². The van der Waals surface area contributed by atoms with Crippen LogP contribution in [0.3, 0.4) is 0 Å². The van der Waals surface area contributed by atoms with E-state index in [1.165, 1.54) is 12.8 Å². The van der Waals surface area contributed by atoms with Crippen molar-refractivity contribution in [3.63, 3.8) is 0 Å². The number of hydrogen-bond donors (Lipinski definition) is 0. The smallest absolute Gasteiger partial charge is 0.176 e. The molecule has 4 nitrogen and oxygen atoms in total. The zero-order chi connectivity index (χ0) is 19.6. The fraction of sp³-hybridized carbons (Fsp3) is 0.167. The third kappa shape index (κ3) is 5.81. The highest BCUT2D eigenvalue weighted by Crippen LogP contribution is 2.16. The topological polar surface area (TPSA) is 43.2 Å². The summed E-state index contributed by atoms with van der Waals surface area (Å²) in [6.45, 7) is 5.14. The molecule has 0 aliphatic carbocycles. The van der Waals surface area contributed by atoms with Crippen molar-refractivity contribution in [1.82, 2.24) is 0 Å². The molecule has 142 valence electrons. The van der Waals surface area contributed by atoms with E-state index in [0.717, 1.165) is 33.8 Å². The van der Waals surface area contributed by atoms with Gasteiger partial charge in [-0.1, -0.05) is 60.7 Å². The van der Waals surface area contributed by atoms with Crippen LogP contribution >= 0.6 is 0 Å². The van der Waals surface area contributed by atoms with E-state index in [2.05, 4.69) is 16.1 Å². The van der Waals surface area contributed by atoms with Crippen molar-refractivity contribution >= 4 is 12.8 Å². The molecule has 0 N–H and O–H groups in total. The maximum atomic E-state index is 5.59. The first-order chi connectivity index (χ1) is 13.7. The van der Waals surface area contributed by atoms with Crippen molar-refractivity contribution in [2.75, 3.05) is 0 Å². The molecule has 0 fully saturated rings. The molecule has 0 aliphatic rings. The van der Waals surface area contributed by atoms with Crippen LogP contribution in [0.4, 0.5) is 0 Å². The largest absolute Gasteiger partial charge is 0.446 e. The van der Waals surface area contributed by atoms with Gasteiger partial charge in [-0.15, -0.1) is 0 Å². The van der Waals surface area contributed by atoms with Gasteiger partial charge in [0.05, 0.1) is 13.1 Å². The highest BCUT2D eigenvalue weighted by Gasteiger charge is 1.97. The summed E-state index contributed by atoms with van der Waals surface area (Å²) in [5.74, 6) is 1.64. The Morgan fingerprint density at radius 2 is 1.11 bits per heavy atom. The first-order valence-electron chi connectivity index (χ1n) is 9.21. The normalized spacial score (nSPS) is 11.2. The molecule has 3 aromatic rings. The van der Waals surface area contributed by atoms with E-state index in [0.29, 0.717) is 13.1 Å². The molecule has 4 heteroatoms. The van der Waals surface area contributed by atoms with Crippen molar-refractivity contribution in [2.45, 2.75) is 26.9 Å². The van der Waals surface area contributed by atoms with E-state index >= 15 is 0 Å². The molecule has 0 spiro atoms. The zero-order valence-electron chi connectivity index (χ0n) is 16.2. The van der Waals surface area contributed by atoms with E-state index in [1.54, 1.807) is 0 Å². The van der Waals surface area contributed by atoms with Crippen molar-refractivity contribution in [3.05, 3.63) is 95.1 Å². The minimum absolute atomic E-state index is 0.559. The summed E-state index contributed by atoms with van der Waals surface area (Å²) in [4.78, 5) is 8.71. The Hall–Kier alpha value is -3.40. The number of benzene rings is 3. The maximum Gasteiger partial charge on any atom is 0.176 e. The van der Waals surface area contributed by atoms with E-state index in [-0.39, 0.29) is 0 Å². The van der Waals surface area contributed by atoms with Crippen molar-refractivity contribution < 1.29 is 9.47 Å². The van der Waals surface area contributed by atoms with Crippen LogP contribution in [0.2, 0.25) is 0 Å². The average molecular weight is 372 g/mol. The summed E-state index contributed by atoms with van der Waals surface area (Å²) in [5, 5.41) is 0. The summed E-state index contributed by atoms with van der Waals surface area (Å²) < 4.78 is 11.2. The fourth-order valence-corrected chi connectivity index (χ4v) is 2.68. The highest BCUT2D eigenvalue weighted by molar-refractivity contribution is 5.54. The maximum absolute atomic E-state index is 5.59. The predicted molar refractivity (Wildman–Crippen MR) is 114 cm³/mol. The Kier molecular flexibility index (Phi) is 6.96. The third-order valence-corrected chi connectivity index (χ3v) is 4.23. The van der Waals surface area contributed by atoms with Crippen LogP contribution in [-0.4, -0.2) is 12.8 Å². The number of ether oxygens (including phenoxy) is 2. The number of hydrogen-bond acceptors (Lipinski definition) is 4. The first-order valence-corrected chi connectivity index (χ1v) is 9.21. The van der Waals surface area contributed by atoms with Crippen molar-refractivity contribution in [2.24, 2.45) is 9.98 Å². The van der Waals surface area contributed by atoms with Gasteiger partial charge in [-0.05, 0) is 48.2 Å². The Bertz CT molecular complexity index is 889. The Morgan fingerprint density at radius 3 is 1.57 bits per heavy atom. The van der Waals surface area contributed by atoms with Gasteiger partial charge in [-0.2, -0.15) is 0 Å². The SMILES string of the molecule is Cc1ccccc1OC=NCc1cccc(C/N=C\Oc2ccccc2C)c1. The van der Waals surface area contributed by atoms with Gasteiger partial charge in [0.15, 0.2) is 12.8 Å². The summed E-state index contributed by atoms with van der Waals surface area (Å²) >= 11 is 0. The lowest BCUT2D eigenvalue weighted by atomic mass is 10.1. The second-order valence-corrected chi connectivity index (χ2v) is 6.48.